The molecule has 10 nitrogen and oxygen atoms in total. The van der Waals surface area contributed by atoms with Crippen LogP contribution in [0, 0.1) is 0 Å². The maximum Gasteiger partial charge on any atom is 0.423 e. The Morgan fingerprint density at radius 1 is 1.25 bits per heavy atom. The second-order valence-corrected chi connectivity index (χ2v) is 8.95. The van der Waals surface area contributed by atoms with Gasteiger partial charge in [0.15, 0.2) is 0 Å². The quantitative estimate of drug-likeness (QED) is 0.592. The molecule has 0 aromatic carbocycles. The Hall–Kier alpha value is -3.48. The highest BCUT2D eigenvalue weighted by Gasteiger charge is 2.38. The van der Waals surface area contributed by atoms with E-state index in [0.717, 1.165) is 42.7 Å². The molecule has 1 atom stereocenters. The van der Waals surface area contributed by atoms with Gasteiger partial charge in [-0.15, -0.1) is 0 Å². The molecule has 0 unspecified atom stereocenters. The van der Waals surface area contributed by atoms with Crippen LogP contribution in [0.5, 0.6) is 5.88 Å². The number of halogens is 3. The predicted molar refractivity (Wildman–Crippen MR) is 122 cm³/mol. The van der Waals surface area contributed by atoms with Crippen LogP contribution in [-0.4, -0.2) is 75.7 Å². The number of piperidine rings is 1. The fraction of sp³-hybridized carbons (Fsp3) is 0.522. The topological polar surface area (TPSA) is 106 Å². The van der Waals surface area contributed by atoms with Crippen LogP contribution < -0.4 is 15.0 Å². The first-order valence-electron chi connectivity index (χ1n) is 11.8. The highest BCUT2D eigenvalue weighted by Crippen LogP contribution is 2.36. The minimum Gasteiger partial charge on any atom is -0.469 e. The Balaban J connectivity index is 1.31. The van der Waals surface area contributed by atoms with Crippen molar-refractivity contribution >= 4 is 17.7 Å². The monoisotopic (exact) mass is 505 g/mol. The van der Waals surface area contributed by atoms with Crippen LogP contribution in [0.4, 0.5) is 24.9 Å². The Morgan fingerprint density at radius 2 is 2.08 bits per heavy atom. The molecule has 0 bridgehead atoms. The summed E-state index contributed by atoms with van der Waals surface area (Å²) in [7, 11) is 0. The minimum absolute atomic E-state index is 0.0772. The maximum atomic E-state index is 13.4. The summed E-state index contributed by atoms with van der Waals surface area (Å²) in [6, 6.07) is -0.108. The van der Waals surface area contributed by atoms with E-state index in [4.69, 9.17) is 9.47 Å². The van der Waals surface area contributed by atoms with Crippen molar-refractivity contribution < 1.29 is 27.4 Å². The Labute approximate surface area is 205 Å². The van der Waals surface area contributed by atoms with E-state index in [0.29, 0.717) is 26.1 Å². The van der Waals surface area contributed by atoms with Gasteiger partial charge in [0.25, 0.3) is 0 Å². The second kappa shape index (κ2) is 9.88. The Morgan fingerprint density at radius 3 is 2.81 bits per heavy atom. The number of amides is 1. The highest BCUT2D eigenvalue weighted by molar-refractivity contribution is 5.87. The largest absolute Gasteiger partial charge is 0.469 e. The summed E-state index contributed by atoms with van der Waals surface area (Å²) in [6.45, 7) is 6.31. The SMILES string of the molecule is C=CC(=O)N1CCc2c(ncnc2N2CCC[C@@H](Nc3ncc(C(F)(F)F)c(OC4COC4)n3)C2)C1. The lowest BCUT2D eigenvalue weighted by molar-refractivity contribution is -0.142. The van der Waals surface area contributed by atoms with Crippen molar-refractivity contribution in [2.45, 2.75) is 44.1 Å². The predicted octanol–water partition coefficient (Wildman–Crippen LogP) is 2.21. The zero-order valence-electron chi connectivity index (χ0n) is 19.5. The fourth-order valence-electron chi connectivity index (χ4n) is 4.56. The van der Waals surface area contributed by atoms with E-state index in [1.54, 1.807) is 4.90 Å². The zero-order chi connectivity index (χ0) is 25.3. The van der Waals surface area contributed by atoms with Gasteiger partial charge in [-0.3, -0.25) is 4.79 Å². The van der Waals surface area contributed by atoms with Crippen LogP contribution in [-0.2, 0) is 28.7 Å². The molecule has 36 heavy (non-hydrogen) atoms. The van der Waals surface area contributed by atoms with Gasteiger partial charge in [-0.25, -0.2) is 15.0 Å². The zero-order valence-corrected chi connectivity index (χ0v) is 19.5. The van der Waals surface area contributed by atoms with Crippen molar-refractivity contribution in [2.75, 3.05) is 43.1 Å². The molecule has 5 heterocycles. The van der Waals surface area contributed by atoms with E-state index in [1.165, 1.54) is 12.4 Å². The van der Waals surface area contributed by atoms with E-state index in [1.807, 2.05) is 0 Å². The smallest absolute Gasteiger partial charge is 0.423 e. The van der Waals surface area contributed by atoms with Gasteiger partial charge in [-0.1, -0.05) is 6.58 Å². The van der Waals surface area contributed by atoms with Gasteiger partial charge in [0, 0.05) is 37.4 Å². The van der Waals surface area contributed by atoms with Crippen molar-refractivity contribution in [2.24, 2.45) is 0 Å². The molecule has 3 aliphatic rings. The molecule has 1 amide bonds. The third-order valence-corrected chi connectivity index (χ3v) is 6.47. The number of hydrogen-bond donors (Lipinski definition) is 1. The molecule has 13 heteroatoms. The second-order valence-electron chi connectivity index (χ2n) is 8.95. The van der Waals surface area contributed by atoms with Gasteiger partial charge in [0.05, 0.1) is 25.5 Å². The van der Waals surface area contributed by atoms with E-state index in [2.05, 4.69) is 36.7 Å². The molecule has 5 rings (SSSR count). The van der Waals surface area contributed by atoms with E-state index >= 15 is 0 Å². The number of anilines is 2. The number of carbonyl (C=O) groups excluding carboxylic acids is 1. The number of hydrogen-bond acceptors (Lipinski definition) is 9. The molecule has 1 N–H and O–H groups in total. The molecular formula is C23H26F3N7O3. The summed E-state index contributed by atoms with van der Waals surface area (Å²) in [5, 5.41) is 3.17. The van der Waals surface area contributed by atoms with Crippen LogP contribution >= 0.6 is 0 Å². The first kappa shape index (κ1) is 24.2. The van der Waals surface area contributed by atoms with Crippen molar-refractivity contribution in [3.63, 3.8) is 0 Å². The first-order chi connectivity index (χ1) is 17.3. The molecule has 3 aliphatic heterocycles. The summed E-state index contributed by atoms with van der Waals surface area (Å²) in [5.74, 6) is 0.269. The summed E-state index contributed by atoms with van der Waals surface area (Å²) < 4.78 is 50.7. The van der Waals surface area contributed by atoms with Crippen molar-refractivity contribution in [3.05, 3.63) is 42.0 Å². The number of fused-ring (bicyclic) bond motifs is 1. The maximum absolute atomic E-state index is 13.4. The first-order valence-corrected chi connectivity index (χ1v) is 11.8. The summed E-state index contributed by atoms with van der Waals surface area (Å²) >= 11 is 0. The average molecular weight is 506 g/mol. The lowest BCUT2D eigenvalue weighted by Gasteiger charge is -2.36. The minimum atomic E-state index is -4.63. The molecule has 2 fully saturated rings. The molecule has 0 saturated carbocycles. The highest BCUT2D eigenvalue weighted by atomic mass is 19.4. The van der Waals surface area contributed by atoms with Gasteiger partial charge < -0.3 is 24.6 Å². The molecule has 2 saturated heterocycles. The number of aromatic nitrogens is 4. The van der Waals surface area contributed by atoms with Crippen molar-refractivity contribution in [1.29, 1.82) is 0 Å². The lowest BCUT2D eigenvalue weighted by atomic mass is 10.0. The van der Waals surface area contributed by atoms with Gasteiger partial charge in [-0.05, 0) is 25.3 Å². The average Bonchev–Trinajstić information content (AvgIpc) is 2.84. The van der Waals surface area contributed by atoms with Gasteiger partial charge in [-0.2, -0.15) is 18.2 Å². The fourth-order valence-corrected chi connectivity index (χ4v) is 4.56. The molecule has 0 spiro atoms. The van der Waals surface area contributed by atoms with Gasteiger partial charge in [0.1, 0.15) is 23.8 Å². The Bertz CT molecular complexity index is 1140. The lowest BCUT2D eigenvalue weighted by Crippen LogP contribution is -2.44. The molecule has 2 aromatic rings. The molecule has 0 radical (unpaired) electrons. The van der Waals surface area contributed by atoms with E-state index < -0.39 is 23.7 Å². The van der Waals surface area contributed by atoms with Gasteiger partial charge in [0.2, 0.25) is 17.7 Å². The number of alkyl halides is 3. The number of ether oxygens (including phenoxy) is 2. The van der Waals surface area contributed by atoms with Crippen LogP contribution in [0.3, 0.4) is 0 Å². The van der Waals surface area contributed by atoms with E-state index in [9.17, 15) is 18.0 Å². The van der Waals surface area contributed by atoms with Crippen molar-refractivity contribution in [3.8, 4) is 5.88 Å². The number of nitrogens with one attached hydrogen (secondary N) is 1. The van der Waals surface area contributed by atoms with Crippen LogP contribution in [0.25, 0.3) is 0 Å². The summed E-state index contributed by atoms with van der Waals surface area (Å²) in [5.41, 5.74) is 0.807. The third-order valence-electron chi connectivity index (χ3n) is 6.47. The number of carbonyl (C=O) groups is 1. The molecule has 2 aromatic heterocycles. The molecule has 0 aliphatic carbocycles. The molecular weight excluding hydrogens is 479 g/mol. The standard InChI is InChI=1S/C23H26F3N7O3/c1-2-19(34)32-7-5-16-18(10-32)28-13-29-20(16)33-6-3-4-14(9-33)30-22-27-8-17(23(24,25)26)21(31-22)36-15-11-35-12-15/h2,8,13-15H,1,3-7,9-12H2,(H,27,30,31)/t14-/m1/s1. The summed E-state index contributed by atoms with van der Waals surface area (Å²) in [6.07, 6.45) is 0.741. The normalized spacial score (nSPS) is 20.4. The Kier molecular flexibility index (Phi) is 6.65. The van der Waals surface area contributed by atoms with Crippen LogP contribution in [0.15, 0.2) is 25.2 Å². The summed E-state index contributed by atoms with van der Waals surface area (Å²) in [4.78, 5) is 32.7. The number of rotatable bonds is 6. The van der Waals surface area contributed by atoms with Gasteiger partial charge >= 0.3 is 6.18 Å². The van der Waals surface area contributed by atoms with Crippen molar-refractivity contribution in [1.82, 2.24) is 24.8 Å². The molecule has 192 valence electrons. The van der Waals surface area contributed by atoms with Crippen LogP contribution in [0.1, 0.15) is 29.7 Å². The number of nitrogens with zero attached hydrogens (tertiary/aromatic N) is 6. The third kappa shape index (κ3) is 5.06. The van der Waals surface area contributed by atoms with E-state index in [-0.39, 0.29) is 31.1 Å². The van der Waals surface area contributed by atoms with Crippen LogP contribution in [0.2, 0.25) is 0 Å².